The van der Waals surface area contributed by atoms with Crippen molar-refractivity contribution in [2.24, 2.45) is 0 Å². The molecule has 1 aromatic carbocycles. The van der Waals surface area contributed by atoms with Gasteiger partial charge in [0.05, 0.1) is 32.5 Å². The van der Waals surface area contributed by atoms with Crippen LogP contribution in [0.25, 0.3) is 0 Å². The molecule has 2 atom stereocenters. The van der Waals surface area contributed by atoms with Gasteiger partial charge in [0.15, 0.2) is 0 Å². The van der Waals surface area contributed by atoms with Gasteiger partial charge in [-0.2, -0.15) is 0 Å². The second-order valence-electron chi connectivity index (χ2n) is 7.39. The summed E-state index contributed by atoms with van der Waals surface area (Å²) in [6, 6.07) is 7.70. The molecule has 0 radical (unpaired) electrons. The van der Waals surface area contributed by atoms with Gasteiger partial charge in [-0.05, 0) is 44.9 Å². The maximum atomic E-state index is 12.2. The molecule has 1 heterocycles. The summed E-state index contributed by atoms with van der Waals surface area (Å²) in [6.45, 7) is 6.75. The number of benzene rings is 1. The monoisotopic (exact) mass is 351 g/mol. The fraction of sp³-hybridized carbons (Fsp3) is 0.632. The summed E-state index contributed by atoms with van der Waals surface area (Å²) < 4.78 is 16.5. The molecule has 0 spiro atoms. The zero-order valence-corrected chi connectivity index (χ0v) is 15.5. The second-order valence-corrected chi connectivity index (χ2v) is 7.39. The first-order valence-corrected chi connectivity index (χ1v) is 8.67. The van der Waals surface area contributed by atoms with Crippen molar-refractivity contribution >= 4 is 6.09 Å². The Kier molecular flexibility index (Phi) is 6.67. The highest BCUT2D eigenvalue weighted by Gasteiger charge is 2.29. The Morgan fingerprint density at radius 3 is 2.56 bits per heavy atom. The fourth-order valence-electron chi connectivity index (χ4n) is 2.72. The first-order valence-electron chi connectivity index (χ1n) is 8.67. The van der Waals surface area contributed by atoms with Crippen molar-refractivity contribution < 1.29 is 24.1 Å². The number of hydrogen-bond acceptors (Lipinski definition) is 5. The summed E-state index contributed by atoms with van der Waals surface area (Å²) in [5.41, 5.74) is 0.502. The number of rotatable bonds is 4. The largest absolute Gasteiger partial charge is 0.497 e. The molecule has 25 heavy (non-hydrogen) atoms. The van der Waals surface area contributed by atoms with Gasteiger partial charge in [0, 0.05) is 13.0 Å². The average Bonchev–Trinajstić information content (AvgIpc) is 2.73. The molecule has 1 aliphatic heterocycles. The molecule has 0 unspecified atom stereocenters. The predicted molar refractivity (Wildman–Crippen MR) is 94.6 cm³/mol. The Balaban J connectivity index is 1.86. The third kappa shape index (κ3) is 6.55. The predicted octanol–water partition coefficient (Wildman–Crippen LogP) is 2.97. The van der Waals surface area contributed by atoms with Crippen LogP contribution in [0.1, 0.15) is 39.2 Å². The minimum Gasteiger partial charge on any atom is -0.497 e. The van der Waals surface area contributed by atoms with E-state index in [1.165, 1.54) is 0 Å². The fourth-order valence-corrected chi connectivity index (χ4v) is 2.72. The summed E-state index contributed by atoms with van der Waals surface area (Å²) in [7, 11) is 1.63. The highest BCUT2D eigenvalue weighted by Crippen LogP contribution is 2.20. The molecule has 2 rings (SSSR count). The zero-order chi connectivity index (χ0) is 18.4. The summed E-state index contributed by atoms with van der Waals surface area (Å²) in [5.74, 6) is 0.807. The molecule has 1 amide bonds. The summed E-state index contributed by atoms with van der Waals surface area (Å²) in [6.07, 6.45) is 0.0878. The first kappa shape index (κ1) is 19.5. The lowest BCUT2D eigenvalue weighted by atomic mass is 10.1. The van der Waals surface area contributed by atoms with Gasteiger partial charge in [-0.3, -0.25) is 0 Å². The highest BCUT2D eigenvalue weighted by atomic mass is 16.6. The van der Waals surface area contributed by atoms with Gasteiger partial charge in [0.1, 0.15) is 11.4 Å². The Labute approximate surface area is 149 Å². The van der Waals surface area contributed by atoms with E-state index in [1.54, 1.807) is 12.0 Å². The van der Waals surface area contributed by atoms with Crippen LogP contribution in [0, 0.1) is 0 Å². The van der Waals surface area contributed by atoms with E-state index in [-0.39, 0.29) is 18.7 Å². The van der Waals surface area contributed by atoms with Crippen molar-refractivity contribution in [2.45, 2.75) is 58.0 Å². The molecule has 1 fully saturated rings. The molecule has 1 saturated heterocycles. The van der Waals surface area contributed by atoms with Crippen LogP contribution >= 0.6 is 0 Å². The summed E-state index contributed by atoms with van der Waals surface area (Å²) >= 11 is 0. The SMILES string of the molecule is COc1ccc(CO[C@H]2CCN(C(=O)OC(C)(C)C)C[C@@H](O)C2)cc1. The van der Waals surface area contributed by atoms with Crippen LogP contribution < -0.4 is 4.74 Å². The van der Waals surface area contributed by atoms with Crippen LogP contribution in [0.2, 0.25) is 0 Å². The van der Waals surface area contributed by atoms with E-state index in [4.69, 9.17) is 14.2 Å². The van der Waals surface area contributed by atoms with Crippen LogP contribution in [0.5, 0.6) is 5.75 Å². The number of β-amino-alcohol motifs (C(OH)–C–C–N with tert-alkyl or cyclic N) is 1. The number of hydrogen-bond donors (Lipinski definition) is 1. The van der Waals surface area contributed by atoms with Crippen molar-refractivity contribution in [2.75, 3.05) is 20.2 Å². The van der Waals surface area contributed by atoms with E-state index in [0.29, 0.717) is 26.0 Å². The second kappa shape index (κ2) is 8.54. The molecule has 6 nitrogen and oxygen atoms in total. The van der Waals surface area contributed by atoms with Crippen LogP contribution in [-0.2, 0) is 16.1 Å². The van der Waals surface area contributed by atoms with Crippen molar-refractivity contribution in [3.05, 3.63) is 29.8 Å². The van der Waals surface area contributed by atoms with Crippen molar-refractivity contribution in [3.63, 3.8) is 0 Å². The van der Waals surface area contributed by atoms with Crippen LogP contribution in [0.3, 0.4) is 0 Å². The van der Waals surface area contributed by atoms with E-state index in [0.717, 1.165) is 11.3 Å². The van der Waals surface area contributed by atoms with Gasteiger partial charge in [-0.1, -0.05) is 12.1 Å². The first-order chi connectivity index (χ1) is 11.8. The lowest BCUT2D eigenvalue weighted by Crippen LogP contribution is -2.40. The van der Waals surface area contributed by atoms with Crippen LogP contribution in [0.15, 0.2) is 24.3 Å². The Bertz CT molecular complexity index is 552. The quantitative estimate of drug-likeness (QED) is 0.903. The lowest BCUT2D eigenvalue weighted by Gasteiger charge is -2.27. The number of likely N-dealkylation sites (tertiary alicyclic amines) is 1. The van der Waals surface area contributed by atoms with E-state index in [2.05, 4.69) is 0 Å². The number of ether oxygens (including phenoxy) is 3. The maximum Gasteiger partial charge on any atom is 0.410 e. The lowest BCUT2D eigenvalue weighted by molar-refractivity contribution is 0.00778. The van der Waals surface area contributed by atoms with E-state index >= 15 is 0 Å². The van der Waals surface area contributed by atoms with E-state index < -0.39 is 11.7 Å². The van der Waals surface area contributed by atoms with Gasteiger partial charge in [-0.15, -0.1) is 0 Å². The maximum absolute atomic E-state index is 12.2. The Hall–Kier alpha value is -1.79. The molecule has 1 aliphatic rings. The van der Waals surface area contributed by atoms with Crippen molar-refractivity contribution in [1.29, 1.82) is 0 Å². The van der Waals surface area contributed by atoms with E-state index in [1.807, 2.05) is 45.0 Å². The van der Waals surface area contributed by atoms with Gasteiger partial charge >= 0.3 is 6.09 Å². The molecular weight excluding hydrogens is 322 g/mol. The summed E-state index contributed by atoms with van der Waals surface area (Å²) in [5, 5.41) is 10.2. The topological polar surface area (TPSA) is 68.2 Å². The molecule has 1 aromatic rings. The van der Waals surface area contributed by atoms with Gasteiger partial charge in [-0.25, -0.2) is 4.79 Å². The molecule has 0 aliphatic carbocycles. The molecule has 140 valence electrons. The summed E-state index contributed by atoms with van der Waals surface area (Å²) in [4.78, 5) is 13.8. The third-order valence-corrected chi connectivity index (χ3v) is 3.98. The zero-order valence-electron chi connectivity index (χ0n) is 15.5. The number of carbonyl (C=O) groups excluding carboxylic acids is 1. The Morgan fingerprint density at radius 2 is 1.96 bits per heavy atom. The van der Waals surface area contributed by atoms with Crippen LogP contribution in [-0.4, -0.2) is 54.1 Å². The van der Waals surface area contributed by atoms with Gasteiger partial charge < -0.3 is 24.2 Å². The molecule has 0 bridgehead atoms. The number of aliphatic hydroxyl groups is 1. The minimum atomic E-state index is -0.615. The van der Waals surface area contributed by atoms with Gasteiger partial charge in [0.2, 0.25) is 0 Å². The molecular formula is C19H29NO5. The minimum absolute atomic E-state index is 0.0930. The van der Waals surface area contributed by atoms with Crippen LogP contribution in [0.4, 0.5) is 4.79 Å². The number of nitrogens with zero attached hydrogens (tertiary/aromatic N) is 1. The molecule has 6 heteroatoms. The molecule has 0 aromatic heterocycles. The van der Waals surface area contributed by atoms with E-state index in [9.17, 15) is 9.90 Å². The molecule has 0 saturated carbocycles. The standard InChI is InChI=1S/C19H29NO5/c1-19(2,3)25-18(22)20-10-9-17(11-15(21)12-20)24-13-14-5-7-16(23-4)8-6-14/h5-8,15,17,21H,9-13H2,1-4H3/t15-,17-/m0/s1. The normalized spacial score (nSPS) is 21.6. The highest BCUT2D eigenvalue weighted by molar-refractivity contribution is 5.68. The number of amides is 1. The third-order valence-electron chi connectivity index (χ3n) is 3.98. The number of methoxy groups -OCH3 is 1. The molecule has 1 N–H and O–H groups in total. The smallest absolute Gasteiger partial charge is 0.410 e. The number of aliphatic hydroxyl groups excluding tert-OH is 1. The average molecular weight is 351 g/mol. The van der Waals surface area contributed by atoms with Crippen molar-refractivity contribution in [1.82, 2.24) is 4.90 Å². The number of carbonyl (C=O) groups is 1. The van der Waals surface area contributed by atoms with Crippen molar-refractivity contribution in [3.8, 4) is 5.75 Å². The van der Waals surface area contributed by atoms with Gasteiger partial charge in [0.25, 0.3) is 0 Å². The Morgan fingerprint density at radius 1 is 1.28 bits per heavy atom.